The van der Waals surface area contributed by atoms with Gasteiger partial charge in [-0.25, -0.2) is 0 Å². The van der Waals surface area contributed by atoms with Crippen LogP contribution in [0.5, 0.6) is 0 Å². The smallest absolute Gasteiger partial charge is 0.143 e. The van der Waals surface area contributed by atoms with Crippen molar-refractivity contribution in [3.63, 3.8) is 0 Å². The van der Waals surface area contributed by atoms with Gasteiger partial charge >= 0.3 is 0 Å². The van der Waals surface area contributed by atoms with Crippen LogP contribution in [0.15, 0.2) is 180 Å². The molecule has 0 spiro atoms. The second kappa shape index (κ2) is 12.1. The third kappa shape index (κ3) is 4.95. The summed E-state index contributed by atoms with van der Waals surface area (Å²) < 4.78 is 9.35. The molecule has 51 heavy (non-hydrogen) atoms. The van der Waals surface area contributed by atoms with Gasteiger partial charge in [-0.05, 0) is 66.7 Å². The van der Waals surface area contributed by atoms with Crippen molar-refractivity contribution in [3.05, 3.63) is 181 Å². The van der Waals surface area contributed by atoms with Gasteiger partial charge in [-0.2, -0.15) is 0 Å². The monoisotopic (exact) mass is 692 g/mol. The van der Waals surface area contributed by atoms with E-state index in [0.29, 0.717) is 5.02 Å². The molecule has 3 nitrogen and oxygen atoms in total. The van der Waals surface area contributed by atoms with Crippen LogP contribution < -0.4 is 9.80 Å². The molecule has 0 N–H and O–H groups in total. The van der Waals surface area contributed by atoms with Crippen LogP contribution in [0.25, 0.3) is 52.9 Å². The van der Waals surface area contributed by atoms with E-state index in [1.165, 1.54) is 20.2 Å². The van der Waals surface area contributed by atoms with Crippen LogP contribution >= 0.6 is 22.9 Å². The first kappa shape index (κ1) is 29.8. The van der Waals surface area contributed by atoms with E-state index in [9.17, 15) is 0 Å². The predicted molar refractivity (Wildman–Crippen MR) is 218 cm³/mol. The van der Waals surface area contributed by atoms with Crippen molar-refractivity contribution in [2.75, 3.05) is 9.80 Å². The molecule has 8 aromatic carbocycles. The van der Waals surface area contributed by atoms with Gasteiger partial charge in [-0.15, -0.1) is 11.3 Å². The van der Waals surface area contributed by atoms with Crippen molar-refractivity contribution >= 4 is 110 Å². The molecular weight excluding hydrogens is 664 g/mol. The summed E-state index contributed by atoms with van der Waals surface area (Å²) in [5.41, 5.74) is 7.83. The lowest BCUT2D eigenvalue weighted by molar-refractivity contribution is 0.673. The Labute approximate surface area is 303 Å². The molecule has 0 radical (unpaired) electrons. The minimum absolute atomic E-state index is 0.611. The summed E-state index contributed by atoms with van der Waals surface area (Å²) in [6.07, 6.45) is 0. The Bertz CT molecular complexity index is 2840. The second-order valence-electron chi connectivity index (χ2n) is 12.7. The standard InChI is InChI=1S/C46H29ClN2OS/c47-30-26-41(49(33-18-8-3-9-19-33)34-24-25-37-36-21-12-13-23-43(36)51-44(37)28-34)45-39-29-40(35-20-10-11-22-38(35)46(39)50-42(45)27-30)48(31-14-4-1-5-15-31)32-16-6-2-7-17-32/h1-29H. The van der Waals surface area contributed by atoms with Crippen molar-refractivity contribution < 1.29 is 4.42 Å². The number of thiophene rings is 1. The molecule has 10 rings (SSSR count). The largest absolute Gasteiger partial charge is 0.455 e. The van der Waals surface area contributed by atoms with Crippen molar-refractivity contribution in [1.82, 2.24) is 0 Å². The molecule has 2 heterocycles. The van der Waals surface area contributed by atoms with Crippen molar-refractivity contribution in [1.29, 1.82) is 0 Å². The van der Waals surface area contributed by atoms with Gasteiger partial charge in [-0.1, -0.05) is 115 Å². The summed E-state index contributed by atoms with van der Waals surface area (Å²) in [5.74, 6) is 0. The SMILES string of the molecule is Clc1cc(N(c2ccccc2)c2ccc3c(c2)sc2ccccc23)c2c(c1)oc1c3ccccc3c(N(c3ccccc3)c3ccccc3)cc12. The molecule has 242 valence electrons. The zero-order valence-electron chi connectivity index (χ0n) is 27.3. The molecule has 5 heteroatoms. The molecule has 0 unspecified atom stereocenters. The third-order valence-electron chi connectivity index (χ3n) is 9.65. The van der Waals surface area contributed by atoms with E-state index in [2.05, 4.69) is 180 Å². The summed E-state index contributed by atoms with van der Waals surface area (Å²) >= 11 is 8.81. The number of rotatable bonds is 6. The van der Waals surface area contributed by atoms with Gasteiger partial charge in [0.15, 0.2) is 0 Å². The van der Waals surface area contributed by atoms with Crippen LogP contribution in [0.4, 0.5) is 34.1 Å². The molecule has 0 fully saturated rings. The molecule has 2 aromatic heterocycles. The highest BCUT2D eigenvalue weighted by Gasteiger charge is 2.25. The number of hydrogen-bond acceptors (Lipinski definition) is 4. The van der Waals surface area contributed by atoms with Gasteiger partial charge in [0.1, 0.15) is 11.2 Å². The van der Waals surface area contributed by atoms with E-state index in [1.807, 2.05) is 17.4 Å². The van der Waals surface area contributed by atoms with E-state index in [-0.39, 0.29) is 0 Å². The quantitative estimate of drug-likeness (QED) is 0.173. The first-order chi connectivity index (χ1) is 25.2. The number of benzene rings is 8. The number of para-hydroxylation sites is 3. The summed E-state index contributed by atoms with van der Waals surface area (Å²) in [6, 6.07) is 61.8. The molecule has 0 aliphatic carbocycles. The number of fused-ring (bicyclic) bond motifs is 8. The van der Waals surface area contributed by atoms with Gasteiger partial charge in [0, 0.05) is 70.2 Å². The van der Waals surface area contributed by atoms with Gasteiger partial charge in [0.05, 0.1) is 16.8 Å². The number of nitrogens with zero attached hydrogens (tertiary/aromatic N) is 2. The molecule has 10 aromatic rings. The first-order valence-corrected chi connectivity index (χ1v) is 18.1. The summed E-state index contributed by atoms with van der Waals surface area (Å²) in [4.78, 5) is 4.65. The minimum atomic E-state index is 0.611. The third-order valence-corrected chi connectivity index (χ3v) is 11.0. The number of hydrogen-bond donors (Lipinski definition) is 0. The minimum Gasteiger partial charge on any atom is -0.455 e. The van der Waals surface area contributed by atoms with E-state index in [0.717, 1.165) is 66.8 Å². The van der Waals surface area contributed by atoms with E-state index in [4.69, 9.17) is 16.0 Å². The van der Waals surface area contributed by atoms with Crippen LogP contribution in [0.2, 0.25) is 5.02 Å². The van der Waals surface area contributed by atoms with Crippen LogP contribution in [-0.2, 0) is 0 Å². The predicted octanol–water partition coefficient (Wildman–Crippen LogP) is 14.7. The Kier molecular flexibility index (Phi) is 7.05. The summed E-state index contributed by atoms with van der Waals surface area (Å²) in [6.45, 7) is 0. The Morgan fingerprint density at radius 3 is 1.63 bits per heavy atom. The highest BCUT2D eigenvalue weighted by atomic mass is 35.5. The average molecular weight is 693 g/mol. The summed E-state index contributed by atoms with van der Waals surface area (Å²) in [5, 5.41) is 7.31. The van der Waals surface area contributed by atoms with Crippen molar-refractivity contribution in [2.24, 2.45) is 0 Å². The molecule has 0 amide bonds. The molecule has 0 saturated heterocycles. The Morgan fingerprint density at radius 1 is 0.412 bits per heavy atom. The fourth-order valence-corrected chi connectivity index (χ4v) is 8.80. The van der Waals surface area contributed by atoms with E-state index >= 15 is 0 Å². The maximum atomic E-state index is 6.99. The van der Waals surface area contributed by atoms with Crippen LogP contribution in [0, 0.1) is 0 Å². The maximum absolute atomic E-state index is 6.99. The number of anilines is 6. The lowest BCUT2D eigenvalue weighted by atomic mass is 10.0. The molecule has 0 bridgehead atoms. The molecule has 0 saturated carbocycles. The van der Waals surface area contributed by atoms with Gasteiger partial charge in [0.2, 0.25) is 0 Å². The highest BCUT2D eigenvalue weighted by molar-refractivity contribution is 7.25. The molecule has 0 atom stereocenters. The van der Waals surface area contributed by atoms with E-state index < -0.39 is 0 Å². The second-order valence-corrected chi connectivity index (χ2v) is 14.2. The maximum Gasteiger partial charge on any atom is 0.143 e. The van der Waals surface area contributed by atoms with E-state index in [1.54, 1.807) is 0 Å². The fraction of sp³-hybridized carbons (Fsp3) is 0. The number of halogens is 1. The molecule has 0 aliphatic heterocycles. The lowest BCUT2D eigenvalue weighted by Crippen LogP contribution is -2.11. The highest BCUT2D eigenvalue weighted by Crippen LogP contribution is 2.49. The lowest BCUT2D eigenvalue weighted by Gasteiger charge is -2.28. The Hall–Kier alpha value is -6.07. The average Bonchev–Trinajstić information content (AvgIpc) is 3.74. The van der Waals surface area contributed by atoms with Crippen molar-refractivity contribution in [2.45, 2.75) is 0 Å². The zero-order valence-corrected chi connectivity index (χ0v) is 28.9. The Balaban J connectivity index is 1.29. The number of furan rings is 1. The van der Waals surface area contributed by atoms with Crippen LogP contribution in [0.1, 0.15) is 0 Å². The Morgan fingerprint density at radius 2 is 0.961 bits per heavy atom. The first-order valence-electron chi connectivity index (χ1n) is 17.0. The molecular formula is C46H29ClN2OS. The van der Waals surface area contributed by atoms with Crippen LogP contribution in [-0.4, -0.2) is 0 Å². The van der Waals surface area contributed by atoms with Gasteiger partial charge in [0.25, 0.3) is 0 Å². The molecule has 0 aliphatic rings. The van der Waals surface area contributed by atoms with Gasteiger partial charge < -0.3 is 14.2 Å². The zero-order chi connectivity index (χ0) is 33.9. The topological polar surface area (TPSA) is 19.6 Å². The van der Waals surface area contributed by atoms with Gasteiger partial charge in [-0.3, -0.25) is 0 Å². The van der Waals surface area contributed by atoms with Crippen LogP contribution in [0.3, 0.4) is 0 Å². The normalized spacial score (nSPS) is 11.6. The summed E-state index contributed by atoms with van der Waals surface area (Å²) in [7, 11) is 0. The van der Waals surface area contributed by atoms with Crippen molar-refractivity contribution in [3.8, 4) is 0 Å². The fourth-order valence-electron chi connectivity index (χ4n) is 7.46.